The minimum atomic E-state index is 1.26. The summed E-state index contributed by atoms with van der Waals surface area (Å²) in [5, 5.41) is 2.95. The number of rotatable bonds is 6. The Bertz CT molecular complexity index is 405. The van der Waals surface area contributed by atoms with Crippen LogP contribution >= 0.6 is 0 Å². The normalized spacial score (nSPS) is 15.3. The minimum Gasteiger partial charge on any atom is -0.394 e. The SMILES string of the molecule is CN=CC=CC=C(C)C(C)=C(C)C=CC=CNC. The fourth-order valence-corrected chi connectivity index (χ4v) is 1.25. The largest absolute Gasteiger partial charge is 0.394 e. The first-order chi connectivity index (χ1) is 8.63. The molecule has 98 valence electrons. The first-order valence-corrected chi connectivity index (χ1v) is 6.07. The molecule has 0 radical (unpaired) electrons. The molecule has 0 spiro atoms. The van der Waals surface area contributed by atoms with Crippen molar-refractivity contribution in [3.63, 3.8) is 0 Å². The molecule has 0 fully saturated rings. The lowest BCUT2D eigenvalue weighted by Gasteiger charge is -2.03. The summed E-state index contributed by atoms with van der Waals surface area (Å²) in [5.41, 5.74) is 3.82. The quantitative estimate of drug-likeness (QED) is 0.557. The fraction of sp³-hybridized carbons (Fsp3) is 0.312. The Hall–Kier alpha value is -1.83. The van der Waals surface area contributed by atoms with Crippen molar-refractivity contribution in [1.29, 1.82) is 0 Å². The molecule has 0 aliphatic carbocycles. The van der Waals surface area contributed by atoms with Crippen LogP contribution in [0.15, 0.2) is 64.4 Å². The molecule has 0 saturated heterocycles. The minimum absolute atomic E-state index is 1.26. The van der Waals surface area contributed by atoms with E-state index in [0.29, 0.717) is 0 Å². The van der Waals surface area contributed by atoms with Gasteiger partial charge in [0.2, 0.25) is 0 Å². The molecule has 1 N–H and O–H groups in total. The van der Waals surface area contributed by atoms with E-state index in [-0.39, 0.29) is 0 Å². The van der Waals surface area contributed by atoms with Crippen LogP contribution in [0.2, 0.25) is 0 Å². The topological polar surface area (TPSA) is 24.4 Å². The number of hydrogen-bond donors (Lipinski definition) is 1. The van der Waals surface area contributed by atoms with E-state index in [2.05, 4.69) is 43.2 Å². The first kappa shape index (κ1) is 16.2. The van der Waals surface area contributed by atoms with Crippen molar-refractivity contribution in [2.45, 2.75) is 20.8 Å². The summed E-state index contributed by atoms with van der Waals surface area (Å²) in [4.78, 5) is 3.89. The van der Waals surface area contributed by atoms with Crippen molar-refractivity contribution in [3.05, 3.63) is 59.4 Å². The smallest absolute Gasteiger partial charge is 0.0277 e. The zero-order valence-electron chi connectivity index (χ0n) is 12.1. The highest BCUT2D eigenvalue weighted by atomic mass is 14.8. The third kappa shape index (κ3) is 7.44. The van der Waals surface area contributed by atoms with Gasteiger partial charge in [0.1, 0.15) is 0 Å². The highest BCUT2D eigenvalue weighted by Crippen LogP contribution is 2.14. The second-order valence-corrected chi connectivity index (χ2v) is 3.96. The summed E-state index contributed by atoms with van der Waals surface area (Å²) in [6, 6.07) is 0. The Morgan fingerprint density at radius 3 is 2.33 bits per heavy atom. The van der Waals surface area contributed by atoms with Gasteiger partial charge in [0.15, 0.2) is 0 Å². The van der Waals surface area contributed by atoms with Gasteiger partial charge in [-0.1, -0.05) is 24.3 Å². The molecule has 2 heteroatoms. The number of hydrogen-bond acceptors (Lipinski definition) is 2. The van der Waals surface area contributed by atoms with E-state index in [1.807, 2.05) is 37.6 Å². The van der Waals surface area contributed by atoms with Gasteiger partial charge in [0.25, 0.3) is 0 Å². The third-order valence-corrected chi connectivity index (χ3v) is 2.60. The Kier molecular flexibility index (Phi) is 9.28. The molecule has 0 bridgehead atoms. The maximum Gasteiger partial charge on any atom is 0.0277 e. The molecule has 0 aliphatic rings. The summed E-state index contributed by atoms with van der Waals surface area (Å²) < 4.78 is 0. The van der Waals surface area contributed by atoms with Crippen LogP contribution < -0.4 is 5.32 Å². The summed E-state index contributed by atoms with van der Waals surface area (Å²) in [5.74, 6) is 0. The summed E-state index contributed by atoms with van der Waals surface area (Å²) in [6.45, 7) is 6.37. The van der Waals surface area contributed by atoms with Crippen molar-refractivity contribution in [1.82, 2.24) is 5.32 Å². The predicted octanol–water partition coefficient (Wildman–Crippen LogP) is 3.82. The van der Waals surface area contributed by atoms with Crippen LogP contribution in [0.3, 0.4) is 0 Å². The number of nitrogens with zero attached hydrogens (tertiary/aromatic N) is 1. The number of aliphatic imine (C=N–C) groups is 1. The van der Waals surface area contributed by atoms with E-state index in [1.165, 1.54) is 16.7 Å². The van der Waals surface area contributed by atoms with E-state index in [9.17, 15) is 0 Å². The molecular formula is C16H24N2. The number of nitrogens with one attached hydrogen (secondary N) is 1. The van der Waals surface area contributed by atoms with Gasteiger partial charge in [-0.2, -0.15) is 0 Å². The first-order valence-electron chi connectivity index (χ1n) is 6.07. The molecular weight excluding hydrogens is 220 g/mol. The monoisotopic (exact) mass is 244 g/mol. The molecule has 0 aromatic rings. The molecule has 0 aromatic heterocycles. The molecule has 0 saturated carbocycles. The molecule has 0 aromatic carbocycles. The average molecular weight is 244 g/mol. The molecule has 2 nitrogen and oxygen atoms in total. The Morgan fingerprint density at radius 2 is 1.72 bits per heavy atom. The van der Waals surface area contributed by atoms with Crippen LogP contribution in [0.5, 0.6) is 0 Å². The van der Waals surface area contributed by atoms with E-state index in [1.54, 1.807) is 13.3 Å². The average Bonchev–Trinajstić information content (AvgIpc) is 2.38. The predicted molar refractivity (Wildman–Crippen MR) is 83.0 cm³/mol. The molecule has 0 atom stereocenters. The second kappa shape index (κ2) is 10.3. The van der Waals surface area contributed by atoms with E-state index in [4.69, 9.17) is 0 Å². The maximum atomic E-state index is 3.89. The maximum absolute atomic E-state index is 3.89. The van der Waals surface area contributed by atoms with Gasteiger partial charge < -0.3 is 5.32 Å². The van der Waals surface area contributed by atoms with Crippen LogP contribution in [-0.4, -0.2) is 20.3 Å². The van der Waals surface area contributed by atoms with Gasteiger partial charge in [0, 0.05) is 20.3 Å². The molecule has 0 amide bonds. The van der Waals surface area contributed by atoms with Crippen molar-refractivity contribution in [3.8, 4) is 0 Å². The second-order valence-electron chi connectivity index (χ2n) is 3.96. The van der Waals surface area contributed by atoms with Crippen LogP contribution in [0.25, 0.3) is 0 Å². The van der Waals surface area contributed by atoms with Crippen molar-refractivity contribution in [2.75, 3.05) is 14.1 Å². The summed E-state index contributed by atoms with van der Waals surface area (Å²) >= 11 is 0. The van der Waals surface area contributed by atoms with Gasteiger partial charge in [-0.05, 0) is 55.8 Å². The molecule has 18 heavy (non-hydrogen) atoms. The van der Waals surface area contributed by atoms with E-state index in [0.717, 1.165) is 0 Å². The zero-order chi connectivity index (χ0) is 13.8. The Balaban J connectivity index is 4.72. The third-order valence-electron chi connectivity index (χ3n) is 2.60. The number of allylic oxidation sites excluding steroid dienone is 9. The highest BCUT2D eigenvalue weighted by molar-refractivity contribution is 5.71. The lowest BCUT2D eigenvalue weighted by molar-refractivity contribution is 1.10. The summed E-state index contributed by atoms with van der Waals surface area (Å²) in [6.07, 6.45) is 15.8. The van der Waals surface area contributed by atoms with Gasteiger partial charge >= 0.3 is 0 Å². The van der Waals surface area contributed by atoms with Crippen molar-refractivity contribution in [2.24, 2.45) is 4.99 Å². The van der Waals surface area contributed by atoms with Crippen molar-refractivity contribution < 1.29 is 0 Å². The molecule has 0 heterocycles. The van der Waals surface area contributed by atoms with Crippen LogP contribution in [-0.2, 0) is 0 Å². The molecule has 0 rings (SSSR count). The zero-order valence-corrected chi connectivity index (χ0v) is 12.1. The van der Waals surface area contributed by atoms with E-state index >= 15 is 0 Å². The van der Waals surface area contributed by atoms with Crippen molar-refractivity contribution >= 4 is 6.21 Å². The lowest BCUT2D eigenvalue weighted by Crippen LogP contribution is -1.89. The Labute approximate surface area is 111 Å². The van der Waals surface area contributed by atoms with Gasteiger partial charge in [0.05, 0.1) is 0 Å². The van der Waals surface area contributed by atoms with E-state index < -0.39 is 0 Å². The van der Waals surface area contributed by atoms with Gasteiger partial charge in [-0.3, -0.25) is 4.99 Å². The fourth-order valence-electron chi connectivity index (χ4n) is 1.25. The van der Waals surface area contributed by atoms with Gasteiger partial charge in [-0.15, -0.1) is 0 Å². The Morgan fingerprint density at radius 1 is 1.00 bits per heavy atom. The standard InChI is InChI=1S/C16H24N2/c1-14(10-6-8-12-17-4)16(3)15(2)11-7-9-13-18-5/h6-13,17H,1-5H3. The van der Waals surface area contributed by atoms with Gasteiger partial charge in [-0.25, -0.2) is 0 Å². The summed E-state index contributed by atoms with van der Waals surface area (Å²) in [7, 11) is 3.65. The van der Waals surface area contributed by atoms with Crippen LogP contribution in [0.1, 0.15) is 20.8 Å². The highest BCUT2D eigenvalue weighted by Gasteiger charge is 1.94. The molecule has 0 aliphatic heterocycles. The molecule has 0 unspecified atom stereocenters. The van der Waals surface area contributed by atoms with Crippen LogP contribution in [0, 0.1) is 0 Å². The van der Waals surface area contributed by atoms with Crippen LogP contribution in [0.4, 0.5) is 0 Å². The lowest BCUT2D eigenvalue weighted by atomic mass is 10.0.